The van der Waals surface area contributed by atoms with Gasteiger partial charge in [0.2, 0.25) is 0 Å². The highest BCUT2D eigenvalue weighted by Crippen LogP contribution is 2.22. The topological polar surface area (TPSA) is 37.3 Å². The van der Waals surface area contributed by atoms with Crippen molar-refractivity contribution in [2.45, 2.75) is 13.8 Å². The van der Waals surface area contributed by atoms with E-state index in [-0.39, 0.29) is 5.57 Å². The van der Waals surface area contributed by atoms with Crippen LogP contribution in [-0.2, 0) is 4.79 Å². The monoisotopic (exact) mass is 270 g/mol. The molecule has 0 saturated carbocycles. The average molecular weight is 270 g/mol. The number of hydrogen-bond acceptors (Lipinski definition) is 1. The third kappa shape index (κ3) is 2.94. The first kappa shape index (κ1) is 14.0. The summed E-state index contributed by atoms with van der Waals surface area (Å²) in [6, 6.07) is 11.9. The summed E-state index contributed by atoms with van der Waals surface area (Å²) in [4.78, 5) is 11.4. The first-order chi connectivity index (χ1) is 9.49. The minimum absolute atomic E-state index is 0.0817. The van der Waals surface area contributed by atoms with Gasteiger partial charge in [0.25, 0.3) is 0 Å². The molecule has 2 aromatic carbocycles. The molecule has 0 radical (unpaired) electrons. The first-order valence-corrected chi connectivity index (χ1v) is 6.26. The molecule has 0 amide bonds. The molecule has 0 bridgehead atoms. The number of aliphatic carboxylic acids is 1. The molecule has 0 aromatic heterocycles. The van der Waals surface area contributed by atoms with Crippen LogP contribution in [0.1, 0.15) is 22.3 Å². The van der Waals surface area contributed by atoms with Gasteiger partial charge in [-0.15, -0.1) is 0 Å². The van der Waals surface area contributed by atoms with Gasteiger partial charge in [0, 0.05) is 0 Å². The highest BCUT2D eigenvalue weighted by molar-refractivity contribution is 6.20. The molecule has 2 rings (SSSR count). The largest absolute Gasteiger partial charge is 0.478 e. The summed E-state index contributed by atoms with van der Waals surface area (Å²) in [5.74, 6) is -1.48. The molecule has 20 heavy (non-hydrogen) atoms. The van der Waals surface area contributed by atoms with Gasteiger partial charge in [0.1, 0.15) is 5.82 Å². The molecule has 0 aliphatic rings. The van der Waals surface area contributed by atoms with Crippen molar-refractivity contribution in [3.8, 4) is 0 Å². The lowest BCUT2D eigenvalue weighted by Gasteiger charge is -2.06. The van der Waals surface area contributed by atoms with Gasteiger partial charge in [-0.1, -0.05) is 36.4 Å². The standard InChI is InChI=1S/C17H15FO2/c1-11-5-3-4-6-13(11)9-15(17(19)20)14-8-7-12(2)16(18)10-14/h3-10H,1-2H3,(H,19,20)/b15-9-. The molecule has 0 fully saturated rings. The van der Waals surface area contributed by atoms with Gasteiger partial charge in [-0.25, -0.2) is 9.18 Å². The van der Waals surface area contributed by atoms with Gasteiger partial charge in [0.05, 0.1) is 5.57 Å². The van der Waals surface area contributed by atoms with E-state index in [2.05, 4.69) is 0 Å². The van der Waals surface area contributed by atoms with Crippen molar-refractivity contribution in [1.29, 1.82) is 0 Å². The molecular formula is C17H15FO2. The number of rotatable bonds is 3. The van der Waals surface area contributed by atoms with Crippen LogP contribution in [0.4, 0.5) is 4.39 Å². The second-order valence-electron chi connectivity index (χ2n) is 4.68. The van der Waals surface area contributed by atoms with Crippen molar-refractivity contribution in [2.75, 3.05) is 0 Å². The number of benzene rings is 2. The lowest BCUT2D eigenvalue weighted by molar-refractivity contribution is -0.130. The fourth-order valence-electron chi connectivity index (χ4n) is 1.93. The van der Waals surface area contributed by atoms with Crippen LogP contribution >= 0.6 is 0 Å². The number of carbonyl (C=O) groups is 1. The highest BCUT2D eigenvalue weighted by atomic mass is 19.1. The zero-order valence-electron chi connectivity index (χ0n) is 11.4. The van der Waals surface area contributed by atoms with Crippen molar-refractivity contribution in [3.63, 3.8) is 0 Å². The molecule has 0 aliphatic carbocycles. The molecule has 0 atom stereocenters. The van der Waals surface area contributed by atoms with Crippen molar-refractivity contribution in [2.24, 2.45) is 0 Å². The minimum Gasteiger partial charge on any atom is -0.478 e. The van der Waals surface area contributed by atoms with E-state index < -0.39 is 11.8 Å². The van der Waals surface area contributed by atoms with Gasteiger partial charge in [0.15, 0.2) is 0 Å². The predicted octanol–water partition coefficient (Wildman–Crippen LogP) is 4.07. The van der Waals surface area contributed by atoms with Gasteiger partial charge in [-0.05, 0) is 48.2 Å². The Kier molecular flexibility index (Phi) is 3.99. The number of halogens is 1. The van der Waals surface area contributed by atoms with Crippen LogP contribution in [0.5, 0.6) is 0 Å². The summed E-state index contributed by atoms with van der Waals surface area (Å²) in [6.45, 7) is 3.55. The van der Waals surface area contributed by atoms with Gasteiger partial charge < -0.3 is 5.11 Å². The quantitative estimate of drug-likeness (QED) is 0.674. The molecule has 0 heterocycles. The number of aryl methyl sites for hydroxylation is 2. The molecule has 2 aromatic rings. The fourth-order valence-corrected chi connectivity index (χ4v) is 1.93. The number of carboxylic acid groups (broad SMARTS) is 1. The molecule has 0 spiro atoms. The van der Waals surface area contributed by atoms with Gasteiger partial charge in [-0.3, -0.25) is 0 Å². The summed E-state index contributed by atoms with van der Waals surface area (Å²) in [7, 11) is 0. The van der Waals surface area contributed by atoms with E-state index in [1.807, 2.05) is 31.2 Å². The van der Waals surface area contributed by atoms with Crippen LogP contribution < -0.4 is 0 Å². The Hall–Kier alpha value is -2.42. The summed E-state index contributed by atoms with van der Waals surface area (Å²) < 4.78 is 13.6. The van der Waals surface area contributed by atoms with E-state index in [0.717, 1.165) is 11.1 Å². The number of hydrogen-bond donors (Lipinski definition) is 1. The van der Waals surface area contributed by atoms with Crippen molar-refractivity contribution in [1.82, 2.24) is 0 Å². The van der Waals surface area contributed by atoms with Crippen LogP contribution in [-0.4, -0.2) is 11.1 Å². The van der Waals surface area contributed by atoms with Crippen molar-refractivity contribution < 1.29 is 14.3 Å². The maximum Gasteiger partial charge on any atom is 0.336 e. The van der Waals surface area contributed by atoms with Crippen molar-refractivity contribution >= 4 is 17.6 Å². The smallest absolute Gasteiger partial charge is 0.336 e. The Morgan fingerprint density at radius 2 is 1.80 bits per heavy atom. The van der Waals surface area contributed by atoms with E-state index in [0.29, 0.717) is 11.1 Å². The molecule has 3 heteroatoms. The lowest BCUT2D eigenvalue weighted by atomic mass is 9.99. The Morgan fingerprint density at radius 1 is 1.10 bits per heavy atom. The zero-order chi connectivity index (χ0) is 14.7. The normalized spacial score (nSPS) is 11.4. The third-order valence-electron chi connectivity index (χ3n) is 3.20. The Morgan fingerprint density at radius 3 is 2.40 bits per heavy atom. The van der Waals surface area contributed by atoms with Crippen LogP contribution in [0.2, 0.25) is 0 Å². The fraction of sp³-hybridized carbons (Fsp3) is 0.118. The number of carboxylic acids is 1. The molecule has 2 nitrogen and oxygen atoms in total. The second-order valence-corrected chi connectivity index (χ2v) is 4.68. The Balaban J connectivity index is 2.54. The maximum atomic E-state index is 13.6. The van der Waals surface area contributed by atoms with E-state index in [1.165, 1.54) is 6.07 Å². The molecule has 0 saturated heterocycles. The summed E-state index contributed by atoms with van der Waals surface area (Å²) >= 11 is 0. The van der Waals surface area contributed by atoms with E-state index >= 15 is 0 Å². The first-order valence-electron chi connectivity index (χ1n) is 6.26. The zero-order valence-corrected chi connectivity index (χ0v) is 11.4. The van der Waals surface area contributed by atoms with Crippen molar-refractivity contribution in [3.05, 3.63) is 70.5 Å². The minimum atomic E-state index is -1.07. The van der Waals surface area contributed by atoms with Gasteiger partial charge in [-0.2, -0.15) is 0 Å². The van der Waals surface area contributed by atoms with Crippen LogP contribution in [0, 0.1) is 19.7 Å². The highest BCUT2D eigenvalue weighted by Gasteiger charge is 2.12. The maximum absolute atomic E-state index is 13.6. The molecule has 102 valence electrons. The van der Waals surface area contributed by atoms with E-state index in [9.17, 15) is 14.3 Å². The summed E-state index contributed by atoms with van der Waals surface area (Å²) in [5.41, 5.74) is 2.72. The SMILES string of the molecule is Cc1ccc(/C(=C/c2ccccc2C)C(=O)O)cc1F. The predicted molar refractivity (Wildman–Crippen MR) is 77.8 cm³/mol. The average Bonchev–Trinajstić information content (AvgIpc) is 2.41. The molecule has 0 unspecified atom stereocenters. The summed E-state index contributed by atoms with van der Waals surface area (Å²) in [6.07, 6.45) is 1.57. The second kappa shape index (κ2) is 5.70. The molecular weight excluding hydrogens is 255 g/mol. The Labute approximate surface area is 117 Å². The molecule has 0 aliphatic heterocycles. The third-order valence-corrected chi connectivity index (χ3v) is 3.20. The van der Waals surface area contributed by atoms with Gasteiger partial charge >= 0.3 is 5.97 Å². The van der Waals surface area contributed by atoms with E-state index in [1.54, 1.807) is 25.1 Å². The molecule has 1 N–H and O–H groups in total. The van der Waals surface area contributed by atoms with Crippen LogP contribution in [0.15, 0.2) is 42.5 Å². The Bertz CT molecular complexity index is 687. The summed E-state index contributed by atoms with van der Waals surface area (Å²) in [5, 5.41) is 9.35. The van der Waals surface area contributed by atoms with Crippen LogP contribution in [0.3, 0.4) is 0 Å². The lowest BCUT2D eigenvalue weighted by Crippen LogP contribution is -2.01. The van der Waals surface area contributed by atoms with Crippen LogP contribution in [0.25, 0.3) is 11.6 Å². The van der Waals surface area contributed by atoms with E-state index in [4.69, 9.17) is 0 Å².